The molecule has 2 heterocycles. The molecule has 0 radical (unpaired) electrons. The molecule has 2 aliphatic heterocycles. The van der Waals surface area contributed by atoms with Gasteiger partial charge in [-0.05, 0) is 31.6 Å². The Hall–Kier alpha value is -1.43. The molecule has 6 fully saturated rings. The standard InChI is InChI=1S/C19H22O6/c1-17-13-12(15(21)23-2)18-5-8(9(20)6-18)3-4-11(18)19(13,25-16(17)22)7-10-14(17)24-10/h8,10-14H,3-7H2,1-2H3/t8-,10+,11-,12-,13-,14+,17+,18-,19-/m1/s1. The maximum Gasteiger partial charge on any atom is 0.315 e. The summed E-state index contributed by atoms with van der Waals surface area (Å²) in [5, 5.41) is 0. The van der Waals surface area contributed by atoms with Gasteiger partial charge in [-0.1, -0.05) is 0 Å². The first kappa shape index (κ1) is 14.7. The van der Waals surface area contributed by atoms with Crippen molar-refractivity contribution in [3.8, 4) is 0 Å². The second-order valence-electron chi connectivity index (χ2n) is 9.31. The molecule has 25 heavy (non-hydrogen) atoms. The van der Waals surface area contributed by atoms with Crippen LogP contribution < -0.4 is 0 Å². The molecule has 0 aromatic rings. The molecule has 6 aliphatic rings. The van der Waals surface area contributed by atoms with Crippen LogP contribution in [0.25, 0.3) is 0 Å². The minimum atomic E-state index is -0.797. The van der Waals surface area contributed by atoms with Crippen molar-refractivity contribution in [1.82, 2.24) is 0 Å². The third-order valence-corrected chi connectivity index (χ3v) is 8.67. The summed E-state index contributed by atoms with van der Waals surface area (Å²) < 4.78 is 17.2. The number of ketones is 1. The number of hydrogen-bond acceptors (Lipinski definition) is 6. The summed E-state index contributed by atoms with van der Waals surface area (Å²) in [5.41, 5.74) is -1.84. The number of epoxide rings is 1. The van der Waals surface area contributed by atoms with Gasteiger partial charge in [-0.2, -0.15) is 0 Å². The largest absolute Gasteiger partial charge is 0.469 e. The van der Waals surface area contributed by atoms with Crippen molar-refractivity contribution in [1.29, 1.82) is 0 Å². The fourth-order valence-corrected chi connectivity index (χ4v) is 7.95. The Morgan fingerprint density at radius 2 is 2.04 bits per heavy atom. The average Bonchev–Trinajstić information content (AvgIpc) is 3.21. The van der Waals surface area contributed by atoms with E-state index in [4.69, 9.17) is 14.2 Å². The minimum Gasteiger partial charge on any atom is -0.469 e. The number of esters is 2. The van der Waals surface area contributed by atoms with Crippen LogP contribution in [0.2, 0.25) is 0 Å². The summed E-state index contributed by atoms with van der Waals surface area (Å²) in [7, 11) is 1.40. The molecule has 2 saturated heterocycles. The van der Waals surface area contributed by atoms with Gasteiger partial charge in [0.25, 0.3) is 0 Å². The number of carbonyl (C=O) groups is 3. The van der Waals surface area contributed by atoms with Gasteiger partial charge >= 0.3 is 11.9 Å². The van der Waals surface area contributed by atoms with Crippen LogP contribution in [0.5, 0.6) is 0 Å². The highest BCUT2D eigenvalue weighted by molar-refractivity contribution is 5.90. The van der Waals surface area contributed by atoms with Gasteiger partial charge in [-0.15, -0.1) is 0 Å². The number of rotatable bonds is 1. The van der Waals surface area contributed by atoms with Gasteiger partial charge in [0.15, 0.2) is 0 Å². The first-order valence-electron chi connectivity index (χ1n) is 9.38. The number of carbonyl (C=O) groups excluding carboxylic acids is 3. The fourth-order valence-electron chi connectivity index (χ4n) is 7.95. The van der Waals surface area contributed by atoms with Crippen molar-refractivity contribution in [2.45, 2.75) is 56.8 Å². The van der Waals surface area contributed by atoms with E-state index in [0.717, 1.165) is 19.3 Å². The smallest absolute Gasteiger partial charge is 0.315 e. The van der Waals surface area contributed by atoms with E-state index in [1.165, 1.54) is 7.11 Å². The molecule has 1 spiro atoms. The van der Waals surface area contributed by atoms with E-state index in [1.54, 1.807) is 0 Å². The topological polar surface area (TPSA) is 82.2 Å². The van der Waals surface area contributed by atoms with Crippen molar-refractivity contribution in [2.24, 2.45) is 34.5 Å². The van der Waals surface area contributed by atoms with E-state index in [9.17, 15) is 14.4 Å². The molecular weight excluding hydrogens is 324 g/mol. The first-order chi connectivity index (χ1) is 11.9. The van der Waals surface area contributed by atoms with Crippen LogP contribution in [0.3, 0.4) is 0 Å². The monoisotopic (exact) mass is 346 g/mol. The Morgan fingerprint density at radius 1 is 1.24 bits per heavy atom. The Balaban J connectivity index is 1.60. The van der Waals surface area contributed by atoms with Gasteiger partial charge in [0.05, 0.1) is 19.1 Å². The molecule has 0 amide bonds. The first-order valence-corrected chi connectivity index (χ1v) is 9.38. The van der Waals surface area contributed by atoms with Crippen molar-refractivity contribution in [3.05, 3.63) is 0 Å². The predicted molar refractivity (Wildman–Crippen MR) is 82.1 cm³/mol. The number of hydrogen-bond donors (Lipinski definition) is 0. The lowest BCUT2D eigenvalue weighted by Gasteiger charge is -2.43. The molecule has 6 nitrogen and oxygen atoms in total. The van der Waals surface area contributed by atoms with E-state index in [2.05, 4.69) is 0 Å². The normalized spacial score (nSPS) is 59.8. The third-order valence-electron chi connectivity index (χ3n) is 8.67. The van der Waals surface area contributed by atoms with Crippen LogP contribution in [-0.4, -0.2) is 42.6 Å². The maximum absolute atomic E-state index is 13.0. The van der Waals surface area contributed by atoms with Crippen LogP contribution in [0, 0.1) is 34.5 Å². The molecule has 0 aromatic carbocycles. The van der Waals surface area contributed by atoms with Crippen LogP contribution in [0.4, 0.5) is 0 Å². The second kappa shape index (κ2) is 3.95. The molecule has 4 bridgehead atoms. The summed E-state index contributed by atoms with van der Waals surface area (Å²) >= 11 is 0. The lowest BCUT2D eigenvalue weighted by molar-refractivity contribution is -0.163. The summed E-state index contributed by atoms with van der Waals surface area (Å²) in [6, 6.07) is 0. The number of fused-ring (bicyclic) bond motifs is 3. The summed E-state index contributed by atoms with van der Waals surface area (Å²) in [4.78, 5) is 38.4. The van der Waals surface area contributed by atoms with Gasteiger partial charge in [0, 0.05) is 30.6 Å². The van der Waals surface area contributed by atoms with Crippen molar-refractivity contribution >= 4 is 17.7 Å². The molecule has 4 saturated carbocycles. The second-order valence-corrected chi connectivity index (χ2v) is 9.31. The zero-order valence-electron chi connectivity index (χ0n) is 14.4. The lowest BCUT2D eigenvalue weighted by Crippen LogP contribution is -2.50. The van der Waals surface area contributed by atoms with Crippen LogP contribution >= 0.6 is 0 Å². The highest BCUT2D eigenvalue weighted by Gasteiger charge is 2.87. The highest BCUT2D eigenvalue weighted by atomic mass is 16.6. The van der Waals surface area contributed by atoms with Gasteiger partial charge in [-0.25, -0.2) is 0 Å². The fraction of sp³-hybridized carbons (Fsp3) is 0.842. The van der Waals surface area contributed by atoms with Crippen LogP contribution in [-0.2, 0) is 28.6 Å². The molecule has 0 N–H and O–H groups in total. The maximum atomic E-state index is 13.0. The van der Waals surface area contributed by atoms with Gasteiger partial charge in [-0.3, -0.25) is 14.4 Å². The molecule has 134 valence electrons. The Bertz CT molecular complexity index is 746. The molecule has 6 heteroatoms. The quantitative estimate of drug-likeness (QED) is 0.525. The van der Waals surface area contributed by atoms with E-state index in [-0.39, 0.29) is 47.7 Å². The average molecular weight is 346 g/mol. The van der Waals surface area contributed by atoms with E-state index in [1.807, 2.05) is 6.92 Å². The molecule has 6 rings (SSSR count). The summed E-state index contributed by atoms with van der Waals surface area (Å²) in [6.45, 7) is 1.91. The van der Waals surface area contributed by atoms with Crippen molar-refractivity contribution in [2.75, 3.05) is 7.11 Å². The van der Waals surface area contributed by atoms with E-state index < -0.39 is 22.3 Å². The molecule has 0 unspecified atom stereocenters. The van der Waals surface area contributed by atoms with Gasteiger partial charge in [0.2, 0.25) is 0 Å². The molecular formula is C19H22O6. The van der Waals surface area contributed by atoms with E-state index in [0.29, 0.717) is 12.8 Å². The molecule has 0 aromatic heterocycles. The number of Topliss-reactive ketones (excluding diaryl/α,β-unsaturated/α-hetero) is 1. The van der Waals surface area contributed by atoms with Crippen LogP contribution in [0.15, 0.2) is 0 Å². The Kier molecular flexibility index (Phi) is 2.32. The van der Waals surface area contributed by atoms with Crippen molar-refractivity contribution < 1.29 is 28.6 Å². The lowest BCUT2D eigenvalue weighted by atomic mass is 9.60. The number of ether oxygens (including phenoxy) is 3. The summed E-state index contributed by atoms with van der Waals surface area (Å²) in [6.07, 6.45) is 3.44. The highest BCUT2D eigenvalue weighted by Crippen LogP contribution is 2.79. The molecule has 9 atom stereocenters. The van der Waals surface area contributed by atoms with Crippen LogP contribution in [0.1, 0.15) is 39.0 Å². The van der Waals surface area contributed by atoms with Gasteiger partial charge < -0.3 is 14.2 Å². The molecule has 4 aliphatic carbocycles. The third kappa shape index (κ3) is 1.30. The Labute approximate surface area is 145 Å². The van der Waals surface area contributed by atoms with Crippen molar-refractivity contribution in [3.63, 3.8) is 0 Å². The summed E-state index contributed by atoms with van der Waals surface area (Å²) in [5.74, 6) is -0.786. The Morgan fingerprint density at radius 3 is 2.80 bits per heavy atom. The predicted octanol–water partition coefficient (Wildman–Crippen LogP) is 1.25. The number of methoxy groups -OCH3 is 1. The SMILES string of the molecule is COC(=O)[C@H]1[C@H]2[C@@]3(C[C@@H]4O[C@@H]4[C@@]2(C)C(=O)O3)[C@@H]2CC[C@@H]3C[C@@]21CC3=O. The van der Waals surface area contributed by atoms with Gasteiger partial charge in [0.1, 0.15) is 22.9 Å². The minimum absolute atomic E-state index is 0.0518. The zero-order chi connectivity index (χ0) is 17.4. The zero-order valence-corrected chi connectivity index (χ0v) is 14.4. The van der Waals surface area contributed by atoms with E-state index >= 15 is 0 Å².